The van der Waals surface area contributed by atoms with Crippen molar-refractivity contribution in [3.8, 4) is 28.1 Å². The van der Waals surface area contributed by atoms with Gasteiger partial charge in [0.2, 0.25) is 5.78 Å². The summed E-state index contributed by atoms with van der Waals surface area (Å²) >= 11 is 0. The van der Waals surface area contributed by atoms with Crippen LogP contribution >= 0.6 is 10.0 Å². The number of para-hydroxylation sites is 1. The molecular formula is C31H40N4O4S. The number of nitrogens with zero attached hydrogens (tertiary/aromatic N) is 4. The number of carbonyl (C=O) groups excluding carboxylic acids is 2. The summed E-state index contributed by atoms with van der Waals surface area (Å²) in [5, 5.41) is 5.71. The average molecular weight is 565 g/mol. The fraction of sp³-hybridized carbons (Fsp3) is 0.355. The second-order valence-electron chi connectivity index (χ2n) is 10.1. The molecule has 4 rings (SSSR count). The number of methoxy groups -OCH3 is 1. The van der Waals surface area contributed by atoms with Crippen molar-refractivity contribution in [1.82, 2.24) is 19.7 Å². The van der Waals surface area contributed by atoms with Crippen LogP contribution in [0.5, 0.6) is 5.75 Å². The second-order valence-corrected chi connectivity index (χ2v) is 14.7. The number of hydrogen-bond donors (Lipinski definition) is 0. The van der Waals surface area contributed by atoms with Crippen molar-refractivity contribution in [2.75, 3.05) is 52.3 Å². The largest absolute Gasteiger partial charge is 0.496 e. The first-order chi connectivity index (χ1) is 19.1. The molecule has 1 amide bonds. The maximum Gasteiger partial charge on any atom is 0.294 e. The van der Waals surface area contributed by atoms with E-state index in [1.807, 2.05) is 50.2 Å². The SMILES string of the molecule is CC.COc1ccccc1-c1nn(COCCS(C)(C)C)c2ncc(-c3cccc(C(=O)C(=O)N(C)C)c3)cc12. The van der Waals surface area contributed by atoms with Crippen molar-refractivity contribution in [2.45, 2.75) is 20.6 Å². The fourth-order valence-electron chi connectivity index (χ4n) is 3.97. The Labute approximate surface area is 238 Å². The van der Waals surface area contributed by atoms with Crippen LogP contribution in [0.25, 0.3) is 33.4 Å². The maximum absolute atomic E-state index is 12.6. The molecular weight excluding hydrogens is 524 g/mol. The lowest BCUT2D eigenvalue weighted by Gasteiger charge is -2.24. The van der Waals surface area contributed by atoms with Crippen molar-refractivity contribution in [3.05, 3.63) is 66.4 Å². The quantitative estimate of drug-likeness (QED) is 0.139. The minimum atomic E-state index is -0.659. The molecule has 0 bridgehead atoms. The van der Waals surface area contributed by atoms with Crippen LogP contribution in [0.4, 0.5) is 0 Å². The van der Waals surface area contributed by atoms with Gasteiger partial charge in [-0.05, 0) is 48.6 Å². The first kappa shape index (κ1) is 30.8. The van der Waals surface area contributed by atoms with Crippen molar-refractivity contribution < 1.29 is 19.1 Å². The minimum absolute atomic E-state index is 0.282. The van der Waals surface area contributed by atoms with E-state index in [1.165, 1.54) is 4.90 Å². The third-order valence-electron chi connectivity index (χ3n) is 6.06. The zero-order valence-electron chi connectivity index (χ0n) is 24.7. The molecule has 9 heteroatoms. The third-order valence-corrected chi connectivity index (χ3v) is 7.45. The molecule has 4 aromatic rings. The van der Waals surface area contributed by atoms with Gasteiger partial charge in [0.15, 0.2) is 5.65 Å². The van der Waals surface area contributed by atoms with Gasteiger partial charge in [0.25, 0.3) is 5.91 Å². The number of ketones is 1. The molecule has 0 radical (unpaired) electrons. The molecule has 0 fully saturated rings. The van der Waals surface area contributed by atoms with Gasteiger partial charge in [-0.1, -0.05) is 44.2 Å². The van der Waals surface area contributed by atoms with Gasteiger partial charge in [0.1, 0.15) is 18.2 Å². The molecule has 0 aliphatic carbocycles. The second kappa shape index (κ2) is 13.6. The Morgan fingerprint density at radius 3 is 2.38 bits per heavy atom. The Hall–Kier alpha value is -3.69. The van der Waals surface area contributed by atoms with Crippen LogP contribution < -0.4 is 4.74 Å². The van der Waals surface area contributed by atoms with Gasteiger partial charge in [0.05, 0.1) is 13.7 Å². The highest BCUT2D eigenvalue weighted by Gasteiger charge is 2.20. The van der Waals surface area contributed by atoms with Crippen LogP contribution in [0, 0.1) is 0 Å². The molecule has 2 aromatic heterocycles. The van der Waals surface area contributed by atoms with Gasteiger partial charge < -0.3 is 14.4 Å². The standard InChI is InChI=1S/C29H34N4O4S.C2H6/c1-32(2)29(35)27(34)21-11-9-10-20(16-21)22-17-24-26(23-12-7-8-13-25(23)36-3)31-33(28(24)30-18-22)19-37-14-15-38(4,5)6;1-2/h7-13,16-18H,14-15,19H2,1-6H3;1-2H3. The Kier molecular flexibility index (Phi) is 10.5. The van der Waals surface area contributed by atoms with Gasteiger partial charge in [-0.2, -0.15) is 5.10 Å². The third kappa shape index (κ3) is 7.28. The Balaban J connectivity index is 0.00000216. The summed E-state index contributed by atoms with van der Waals surface area (Å²) in [6.07, 6.45) is 8.55. The predicted octanol–water partition coefficient (Wildman–Crippen LogP) is 5.74. The van der Waals surface area contributed by atoms with E-state index in [2.05, 4.69) is 18.8 Å². The van der Waals surface area contributed by atoms with Gasteiger partial charge in [-0.25, -0.2) is 19.7 Å². The minimum Gasteiger partial charge on any atom is -0.496 e. The van der Waals surface area contributed by atoms with E-state index in [-0.39, 0.29) is 6.73 Å². The lowest BCUT2D eigenvalue weighted by Crippen LogP contribution is -2.29. The summed E-state index contributed by atoms with van der Waals surface area (Å²) in [6.45, 7) is 4.93. The molecule has 0 atom stereocenters. The number of fused-ring (bicyclic) bond motifs is 1. The lowest BCUT2D eigenvalue weighted by molar-refractivity contribution is -0.124. The monoisotopic (exact) mass is 564 g/mol. The number of pyridine rings is 1. The summed E-state index contributed by atoms with van der Waals surface area (Å²) in [4.78, 5) is 30.9. The summed E-state index contributed by atoms with van der Waals surface area (Å²) in [6, 6.07) is 16.8. The van der Waals surface area contributed by atoms with E-state index >= 15 is 0 Å². The summed E-state index contributed by atoms with van der Waals surface area (Å²) in [5.74, 6) is 0.594. The molecule has 0 aliphatic rings. The van der Waals surface area contributed by atoms with E-state index in [0.717, 1.165) is 33.5 Å². The maximum atomic E-state index is 12.6. The van der Waals surface area contributed by atoms with E-state index in [9.17, 15) is 9.59 Å². The molecule has 0 saturated heterocycles. The molecule has 0 unspecified atom stereocenters. The fourth-order valence-corrected chi connectivity index (χ4v) is 4.59. The average Bonchev–Trinajstić information content (AvgIpc) is 3.32. The van der Waals surface area contributed by atoms with E-state index in [1.54, 1.807) is 50.3 Å². The topological polar surface area (TPSA) is 86.5 Å². The highest BCUT2D eigenvalue weighted by Crippen LogP contribution is 2.36. The summed E-state index contributed by atoms with van der Waals surface area (Å²) in [7, 11) is 4.10. The Morgan fingerprint density at radius 2 is 1.70 bits per heavy atom. The van der Waals surface area contributed by atoms with Crippen LogP contribution in [0.15, 0.2) is 60.8 Å². The van der Waals surface area contributed by atoms with Crippen LogP contribution in [-0.2, 0) is 16.3 Å². The highest BCUT2D eigenvalue weighted by atomic mass is 32.3. The van der Waals surface area contributed by atoms with Crippen molar-refractivity contribution in [3.63, 3.8) is 0 Å². The van der Waals surface area contributed by atoms with E-state index in [0.29, 0.717) is 23.6 Å². The number of aromatic nitrogens is 3. The molecule has 40 heavy (non-hydrogen) atoms. The van der Waals surface area contributed by atoms with Gasteiger partial charge in [-0.15, -0.1) is 0 Å². The highest BCUT2D eigenvalue weighted by molar-refractivity contribution is 8.32. The number of ether oxygens (including phenoxy) is 2. The molecule has 0 aliphatic heterocycles. The zero-order valence-corrected chi connectivity index (χ0v) is 25.5. The van der Waals surface area contributed by atoms with Crippen molar-refractivity contribution >= 4 is 32.8 Å². The first-order valence-corrected chi connectivity index (χ1v) is 16.2. The molecule has 2 aromatic carbocycles. The van der Waals surface area contributed by atoms with Crippen molar-refractivity contribution in [2.24, 2.45) is 0 Å². The number of hydrogen-bond acceptors (Lipinski definition) is 6. The summed E-state index contributed by atoms with van der Waals surface area (Å²) in [5.41, 5.74) is 4.17. The van der Waals surface area contributed by atoms with Crippen LogP contribution in [0.1, 0.15) is 24.2 Å². The normalized spacial score (nSPS) is 11.5. The first-order valence-electron chi connectivity index (χ1n) is 13.2. The van der Waals surface area contributed by atoms with Crippen LogP contribution in [0.2, 0.25) is 0 Å². The number of rotatable bonds is 10. The van der Waals surface area contributed by atoms with Crippen LogP contribution in [0.3, 0.4) is 0 Å². The van der Waals surface area contributed by atoms with Gasteiger partial charge >= 0.3 is 0 Å². The van der Waals surface area contributed by atoms with E-state index < -0.39 is 21.7 Å². The Morgan fingerprint density at radius 1 is 0.975 bits per heavy atom. The number of benzene rings is 2. The zero-order chi connectivity index (χ0) is 29.4. The van der Waals surface area contributed by atoms with Crippen molar-refractivity contribution in [1.29, 1.82) is 0 Å². The smallest absolute Gasteiger partial charge is 0.294 e. The molecule has 0 N–H and O–H groups in total. The Bertz CT molecular complexity index is 1470. The number of Topliss-reactive ketones (excluding diaryl/α,β-unsaturated/α-hetero) is 1. The van der Waals surface area contributed by atoms with Gasteiger partial charge in [-0.3, -0.25) is 9.59 Å². The number of amides is 1. The summed E-state index contributed by atoms with van der Waals surface area (Å²) < 4.78 is 13.4. The molecule has 8 nitrogen and oxygen atoms in total. The van der Waals surface area contributed by atoms with Gasteiger partial charge in [0, 0.05) is 48.1 Å². The van der Waals surface area contributed by atoms with E-state index in [4.69, 9.17) is 19.6 Å². The molecule has 0 spiro atoms. The predicted molar refractivity (Wildman–Crippen MR) is 166 cm³/mol. The molecule has 214 valence electrons. The lowest BCUT2D eigenvalue weighted by atomic mass is 10.0. The molecule has 2 heterocycles. The number of carbonyl (C=O) groups is 2. The molecule has 0 saturated carbocycles. The number of likely N-dealkylation sites (N-methyl/N-ethyl adjacent to an activating group) is 1. The van der Waals surface area contributed by atoms with Crippen LogP contribution in [-0.4, -0.2) is 83.7 Å².